The summed E-state index contributed by atoms with van der Waals surface area (Å²) in [6.45, 7) is 7.10. The van der Waals surface area contributed by atoms with Gasteiger partial charge in [-0.3, -0.25) is 0 Å². The van der Waals surface area contributed by atoms with Gasteiger partial charge in [0, 0.05) is 37.3 Å². The van der Waals surface area contributed by atoms with Crippen LogP contribution in [0.4, 0.5) is 19.4 Å². The van der Waals surface area contributed by atoms with Gasteiger partial charge >= 0.3 is 6.09 Å². The molecule has 9 heteroatoms. The number of halogens is 2. The van der Waals surface area contributed by atoms with Gasteiger partial charge < -0.3 is 14.5 Å². The van der Waals surface area contributed by atoms with Gasteiger partial charge in [-0.15, -0.1) is 0 Å². The number of ether oxygens (including phenoxy) is 1. The third-order valence-corrected chi connectivity index (χ3v) is 5.45. The Labute approximate surface area is 202 Å². The quantitative estimate of drug-likeness (QED) is 0.527. The molecule has 1 aliphatic heterocycles. The summed E-state index contributed by atoms with van der Waals surface area (Å²) in [7, 11) is 0. The Hall–Kier alpha value is -4.06. The van der Waals surface area contributed by atoms with E-state index in [9.17, 15) is 18.8 Å². The first kappa shape index (κ1) is 24.1. The van der Waals surface area contributed by atoms with E-state index in [1.54, 1.807) is 29.2 Å². The lowest BCUT2D eigenvalue weighted by Crippen LogP contribution is -2.50. The second-order valence-corrected chi connectivity index (χ2v) is 9.17. The summed E-state index contributed by atoms with van der Waals surface area (Å²) in [6.07, 6.45) is -0.387. The van der Waals surface area contributed by atoms with Crippen LogP contribution in [0.5, 0.6) is 0 Å². The number of rotatable bonds is 3. The van der Waals surface area contributed by atoms with Crippen LogP contribution in [0.1, 0.15) is 26.5 Å². The van der Waals surface area contributed by atoms with Gasteiger partial charge in [-0.2, -0.15) is 5.26 Å². The van der Waals surface area contributed by atoms with Crippen LogP contribution in [0.15, 0.2) is 48.5 Å². The largest absolute Gasteiger partial charge is 0.444 e. The fraction of sp³-hybridized carbons (Fsp3) is 0.308. The molecule has 0 bridgehead atoms. The van der Waals surface area contributed by atoms with Gasteiger partial charge in [-0.05, 0) is 69.3 Å². The van der Waals surface area contributed by atoms with Crippen molar-refractivity contribution in [2.45, 2.75) is 26.4 Å². The molecule has 0 N–H and O–H groups in total. The van der Waals surface area contributed by atoms with Crippen molar-refractivity contribution in [3.63, 3.8) is 0 Å². The first-order valence-electron chi connectivity index (χ1n) is 11.2. The van der Waals surface area contributed by atoms with Gasteiger partial charge in [0.15, 0.2) is 11.5 Å². The minimum atomic E-state index is -0.589. The van der Waals surface area contributed by atoms with Crippen molar-refractivity contribution in [1.29, 1.82) is 5.26 Å². The molecule has 0 atom stereocenters. The molecule has 4 rings (SSSR count). The number of hydrogen-bond donors (Lipinski definition) is 0. The van der Waals surface area contributed by atoms with Crippen LogP contribution in [0, 0.1) is 23.0 Å². The van der Waals surface area contributed by atoms with E-state index in [1.807, 2.05) is 25.7 Å². The molecule has 7 nitrogen and oxygen atoms in total. The molecule has 35 heavy (non-hydrogen) atoms. The zero-order valence-corrected chi connectivity index (χ0v) is 19.8. The van der Waals surface area contributed by atoms with Gasteiger partial charge in [0.2, 0.25) is 0 Å². The van der Waals surface area contributed by atoms with E-state index >= 15 is 0 Å². The summed E-state index contributed by atoms with van der Waals surface area (Å²) in [6, 6.07) is 13.7. The van der Waals surface area contributed by atoms with Crippen LogP contribution in [0.2, 0.25) is 0 Å². The maximum Gasteiger partial charge on any atom is 0.410 e. The van der Waals surface area contributed by atoms with Crippen molar-refractivity contribution >= 4 is 11.9 Å². The average molecular weight is 478 g/mol. The van der Waals surface area contributed by atoms with E-state index in [-0.39, 0.29) is 11.8 Å². The molecule has 3 aromatic rings. The van der Waals surface area contributed by atoms with E-state index in [2.05, 4.69) is 11.1 Å². The highest BCUT2D eigenvalue weighted by Crippen LogP contribution is 2.33. The summed E-state index contributed by atoms with van der Waals surface area (Å²) >= 11 is 0. The van der Waals surface area contributed by atoms with E-state index < -0.39 is 17.2 Å². The molecule has 0 unspecified atom stereocenters. The second-order valence-electron chi connectivity index (χ2n) is 9.17. The molecular formula is C26H25F2N5O2. The smallest absolute Gasteiger partial charge is 0.410 e. The van der Waals surface area contributed by atoms with Crippen LogP contribution >= 0.6 is 0 Å². The first-order valence-corrected chi connectivity index (χ1v) is 11.2. The lowest BCUT2D eigenvalue weighted by molar-refractivity contribution is 0.0240. The number of benzene rings is 2. The van der Waals surface area contributed by atoms with Crippen molar-refractivity contribution in [2.24, 2.45) is 0 Å². The Morgan fingerprint density at radius 1 is 0.886 bits per heavy atom. The molecule has 1 aromatic heterocycles. The van der Waals surface area contributed by atoms with Crippen molar-refractivity contribution in [2.75, 3.05) is 31.1 Å². The zero-order valence-electron chi connectivity index (χ0n) is 19.8. The Bertz CT molecular complexity index is 1260. The third-order valence-electron chi connectivity index (χ3n) is 5.45. The highest BCUT2D eigenvalue weighted by Gasteiger charge is 2.28. The van der Waals surface area contributed by atoms with Gasteiger partial charge in [-0.1, -0.05) is 0 Å². The molecule has 0 saturated carbocycles. The highest BCUT2D eigenvalue weighted by atomic mass is 19.1. The molecule has 1 amide bonds. The molecule has 2 aromatic carbocycles. The topological polar surface area (TPSA) is 82.3 Å². The van der Waals surface area contributed by atoms with E-state index in [0.717, 1.165) is 0 Å². The Morgan fingerprint density at radius 2 is 1.37 bits per heavy atom. The Balaban J connectivity index is 1.70. The van der Waals surface area contributed by atoms with Gasteiger partial charge in [0.05, 0.1) is 11.4 Å². The number of piperazine rings is 1. The normalized spacial score (nSPS) is 13.9. The Kier molecular flexibility index (Phi) is 6.65. The number of hydrogen-bond acceptors (Lipinski definition) is 6. The van der Waals surface area contributed by atoms with Crippen molar-refractivity contribution in [3.8, 4) is 28.6 Å². The zero-order chi connectivity index (χ0) is 25.2. The van der Waals surface area contributed by atoms with Gasteiger partial charge in [0.25, 0.3) is 0 Å². The number of nitrogens with zero attached hydrogens (tertiary/aromatic N) is 5. The monoisotopic (exact) mass is 477 g/mol. The summed E-state index contributed by atoms with van der Waals surface area (Å²) in [4.78, 5) is 25.3. The first-order chi connectivity index (χ1) is 16.6. The summed E-state index contributed by atoms with van der Waals surface area (Å²) in [5.41, 5.74) is 1.55. The fourth-order valence-corrected chi connectivity index (χ4v) is 3.77. The van der Waals surface area contributed by atoms with Crippen molar-refractivity contribution in [3.05, 3.63) is 65.9 Å². The van der Waals surface area contributed by atoms with Crippen LogP contribution in [0.25, 0.3) is 22.5 Å². The molecule has 180 valence electrons. The summed E-state index contributed by atoms with van der Waals surface area (Å²) in [5.74, 6) is -0.413. The average Bonchev–Trinajstić information content (AvgIpc) is 2.83. The summed E-state index contributed by atoms with van der Waals surface area (Å²) in [5, 5.41) is 9.86. The lowest BCUT2D eigenvalue weighted by atomic mass is 10.0. The fourth-order valence-electron chi connectivity index (χ4n) is 3.77. The number of carbonyl (C=O) groups excluding carboxylic acids is 1. The molecule has 1 fully saturated rings. The molecule has 0 aliphatic carbocycles. The molecule has 1 saturated heterocycles. The standard InChI is InChI=1S/C26H25F2N5O2/c1-26(2,3)35-25(34)33-14-12-32(13-15-33)24-21(16-29)30-22(17-4-8-19(27)9-5-17)23(31-24)18-6-10-20(28)11-7-18/h4-11H,12-15H2,1-3H3. The van der Waals surface area contributed by atoms with E-state index in [4.69, 9.17) is 9.72 Å². The number of anilines is 1. The van der Waals surface area contributed by atoms with Crippen LogP contribution < -0.4 is 4.90 Å². The maximum absolute atomic E-state index is 13.6. The van der Waals surface area contributed by atoms with Crippen LogP contribution in [-0.4, -0.2) is 52.7 Å². The van der Waals surface area contributed by atoms with E-state index in [1.165, 1.54) is 24.3 Å². The van der Waals surface area contributed by atoms with Crippen molar-refractivity contribution in [1.82, 2.24) is 14.9 Å². The predicted molar refractivity (Wildman–Crippen MR) is 128 cm³/mol. The van der Waals surface area contributed by atoms with Crippen LogP contribution in [0.3, 0.4) is 0 Å². The number of amides is 1. The minimum Gasteiger partial charge on any atom is -0.444 e. The molecule has 2 heterocycles. The lowest BCUT2D eigenvalue weighted by Gasteiger charge is -2.36. The molecule has 0 radical (unpaired) electrons. The SMILES string of the molecule is CC(C)(C)OC(=O)N1CCN(c2nc(-c3ccc(F)cc3)c(-c3ccc(F)cc3)nc2C#N)CC1. The minimum absolute atomic E-state index is 0.112. The van der Waals surface area contributed by atoms with Gasteiger partial charge in [0.1, 0.15) is 23.3 Å². The Morgan fingerprint density at radius 3 is 1.83 bits per heavy atom. The molecule has 0 spiro atoms. The van der Waals surface area contributed by atoms with E-state index in [0.29, 0.717) is 54.5 Å². The third kappa shape index (κ3) is 5.54. The maximum atomic E-state index is 13.6. The highest BCUT2D eigenvalue weighted by molar-refractivity contribution is 5.80. The number of carbonyl (C=O) groups is 1. The molecule has 1 aliphatic rings. The number of aromatic nitrogens is 2. The van der Waals surface area contributed by atoms with Crippen molar-refractivity contribution < 1.29 is 18.3 Å². The molecular weight excluding hydrogens is 452 g/mol. The number of nitriles is 1. The second kappa shape index (κ2) is 9.66. The van der Waals surface area contributed by atoms with Gasteiger partial charge in [-0.25, -0.2) is 23.5 Å². The predicted octanol–water partition coefficient (Wildman–Crippen LogP) is 5.02. The van der Waals surface area contributed by atoms with Crippen LogP contribution in [-0.2, 0) is 4.74 Å². The summed E-state index contributed by atoms with van der Waals surface area (Å²) < 4.78 is 32.6.